The van der Waals surface area contributed by atoms with Gasteiger partial charge in [0.2, 0.25) is 0 Å². The van der Waals surface area contributed by atoms with Crippen LogP contribution in [0.2, 0.25) is 0 Å². The van der Waals surface area contributed by atoms with E-state index in [1.807, 2.05) is 31.2 Å². The van der Waals surface area contributed by atoms with Crippen LogP contribution in [-0.4, -0.2) is 10.1 Å². The van der Waals surface area contributed by atoms with Gasteiger partial charge >= 0.3 is 0 Å². The van der Waals surface area contributed by atoms with Crippen molar-refractivity contribution in [3.8, 4) is 0 Å². The smallest absolute Gasteiger partial charge is 0.133 e. The molecule has 19 heavy (non-hydrogen) atoms. The maximum absolute atomic E-state index is 5.05. The topological polar surface area (TPSA) is 51.0 Å². The van der Waals surface area contributed by atoms with Crippen LogP contribution < -0.4 is 5.32 Å². The average Bonchev–Trinajstić information content (AvgIpc) is 3.01. The number of para-hydroxylation sites is 1. The zero-order chi connectivity index (χ0) is 13.2. The summed E-state index contributed by atoms with van der Waals surface area (Å²) in [4.78, 5) is 4.64. The third kappa shape index (κ3) is 2.67. The lowest BCUT2D eigenvalue weighted by Gasteiger charge is -2.08. The van der Waals surface area contributed by atoms with E-state index in [0.29, 0.717) is 6.54 Å². The summed E-state index contributed by atoms with van der Waals surface area (Å²) >= 11 is 1.73. The quantitative estimate of drug-likeness (QED) is 0.791. The fraction of sp³-hybridized carbons (Fsp3) is 0.286. The Labute approximate surface area is 115 Å². The fourth-order valence-electron chi connectivity index (χ4n) is 1.92. The van der Waals surface area contributed by atoms with E-state index in [2.05, 4.69) is 28.4 Å². The van der Waals surface area contributed by atoms with E-state index in [9.17, 15) is 0 Å². The first-order chi connectivity index (χ1) is 9.22. The molecule has 0 saturated heterocycles. The van der Waals surface area contributed by atoms with Gasteiger partial charge in [-0.15, -0.1) is 11.3 Å². The number of rotatable bonds is 4. The van der Waals surface area contributed by atoms with Gasteiger partial charge < -0.3 is 9.84 Å². The van der Waals surface area contributed by atoms with Gasteiger partial charge in [0.25, 0.3) is 0 Å². The van der Waals surface area contributed by atoms with E-state index >= 15 is 0 Å². The van der Waals surface area contributed by atoms with Gasteiger partial charge in [0.1, 0.15) is 10.8 Å². The number of hydrogen-bond acceptors (Lipinski definition) is 5. The van der Waals surface area contributed by atoms with Crippen LogP contribution in [0.5, 0.6) is 0 Å². The van der Waals surface area contributed by atoms with E-state index in [-0.39, 0.29) is 6.04 Å². The Bertz CT molecular complexity index is 656. The first-order valence-corrected chi connectivity index (χ1v) is 7.05. The van der Waals surface area contributed by atoms with E-state index < -0.39 is 0 Å². The SMILES string of the molecule is Cc1cc(CNC(C)c2nc3ccccc3s2)no1. The largest absolute Gasteiger partial charge is 0.361 e. The predicted molar refractivity (Wildman–Crippen MR) is 76.1 cm³/mol. The Morgan fingerprint density at radius 3 is 2.95 bits per heavy atom. The molecule has 3 rings (SSSR count). The van der Waals surface area contributed by atoms with Crippen LogP contribution in [0.25, 0.3) is 10.2 Å². The molecule has 0 radical (unpaired) electrons. The Kier molecular flexibility index (Phi) is 3.31. The van der Waals surface area contributed by atoms with Gasteiger partial charge in [-0.1, -0.05) is 17.3 Å². The Morgan fingerprint density at radius 2 is 2.21 bits per heavy atom. The van der Waals surface area contributed by atoms with Crippen LogP contribution >= 0.6 is 11.3 Å². The summed E-state index contributed by atoms with van der Waals surface area (Å²) in [6.45, 7) is 4.70. The van der Waals surface area contributed by atoms with Crippen molar-refractivity contribution >= 4 is 21.6 Å². The van der Waals surface area contributed by atoms with E-state index in [1.54, 1.807) is 11.3 Å². The second kappa shape index (κ2) is 5.11. The maximum atomic E-state index is 5.05. The van der Waals surface area contributed by atoms with Gasteiger partial charge in [-0.05, 0) is 26.0 Å². The van der Waals surface area contributed by atoms with Crippen LogP contribution in [0.15, 0.2) is 34.9 Å². The number of benzene rings is 1. The predicted octanol–water partition coefficient (Wildman–Crippen LogP) is 3.44. The highest BCUT2D eigenvalue weighted by Gasteiger charge is 2.11. The van der Waals surface area contributed by atoms with Crippen LogP contribution in [-0.2, 0) is 6.54 Å². The first-order valence-electron chi connectivity index (χ1n) is 6.23. The minimum absolute atomic E-state index is 0.203. The Hall–Kier alpha value is -1.72. The minimum Gasteiger partial charge on any atom is -0.361 e. The summed E-state index contributed by atoms with van der Waals surface area (Å²) in [5.74, 6) is 0.837. The van der Waals surface area contributed by atoms with Crippen LogP contribution in [0, 0.1) is 6.92 Å². The fourth-order valence-corrected chi connectivity index (χ4v) is 2.92. The monoisotopic (exact) mass is 273 g/mol. The van der Waals surface area contributed by atoms with E-state index in [1.165, 1.54) is 4.70 Å². The van der Waals surface area contributed by atoms with Gasteiger partial charge in [0.05, 0.1) is 22.0 Å². The highest BCUT2D eigenvalue weighted by atomic mass is 32.1. The molecule has 1 atom stereocenters. The second-order valence-corrected chi connectivity index (χ2v) is 5.61. The van der Waals surface area contributed by atoms with Crippen LogP contribution in [0.3, 0.4) is 0 Å². The molecule has 0 aliphatic heterocycles. The summed E-state index contributed by atoms with van der Waals surface area (Å²) in [6.07, 6.45) is 0. The number of fused-ring (bicyclic) bond motifs is 1. The number of hydrogen-bond donors (Lipinski definition) is 1. The molecule has 0 aliphatic carbocycles. The van der Waals surface area contributed by atoms with Crippen molar-refractivity contribution in [1.82, 2.24) is 15.5 Å². The van der Waals surface area contributed by atoms with Gasteiger partial charge in [0, 0.05) is 12.6 Å². The van der Waals surface area contributed by atoms with Crippen molar-refractivity contribution in [2.45, 2.75) is 26.4 Å². The summed E-state index contributed by atoms with van der Waals surface area (Å²) in [7, 11) is 0. The number of nitrogens with zero attached hydrogens (tertiary/aromatic N) is 2. The zero-order valence-corrected chi connectivity index (χ0v) is 11.7. The lowest BCUT2D eigenvalue weighted by atomic mass is 10.3. The van der Waals surface area contributed by atoms with E-state index in [4.69, 9.17) is 4.52 Å². The van der Waals surface area contributed by atoms with Gasteiger partial charge in [0.15, 0.2) is 0 Å². The highest BCUT2D eigenvalue weighted by Crippen LogP contribution is 2.26. The lowest BCUT2D eigenvalue weighted by Crippen LogP contribution is -2.18. The first kappa shape index (κ1) is 12.3. The van der Waals surface area contributed by atoms with Crippen molar-refractivity contribution in [3.05, 3.63) is 46.8 Å². The summed E-state index contributed by atoms with van der Waals surface area (Å²) in [5.41, 5.74) is 1.99. The molecule has 3 aromatic rings. The van der Waals surface area contributed by atoms with Gasteiger partial charge in [-0.25, -0.2) is 4.98 Å². The Balaban J connectivity index is 1.71. The molecule has 2 aromatic heterocycles. The second-order valence-electron chi connectivity index (χ2n) is 4.55. The highest BCUT2D eigenvalue weighted by molar-refractivity contribution is 7.18. The number of aromatic nitrogens is 2. The van der Waals surface area contributed by atoms with Crippen LogP contribution in [0.4, 0.5) is 0 Å². The van der Waals surface area contributed by atoms with Crippen molar-refractivity contribution in [1.29, 1.82) is 0 Å². The van der Waals surface area contributed by atoms with Gasteiger partial charge in [-0.2, -0.15) is 0 Å². The molecule has 1 N–H and O–H groups in total. The molecule has 0 amide bonds. The summed E-state index contributed by atoms with van der Waals surface area (Å²) in [6, 6.07) is 10.3. The molecular weight excluding hydrogens is 258 g/mol. The van der Waals surface area contributed by atoms with E-state index in [0.717, 1.165) is 22.0 Å². The number of thiazole rings is 1. The molecule has 5 heteroatoms. The maximum Gasteiger partial charge on any atom is 0.133 e. The summed E-state index contributed by atoms with van der Waals surface area (Å²) < 4.78 is 6.27. The molecule has 0 aliphatic rings. The normalized spacial score (nSPS) is 12.9. The standard InChI is InChI=1S/C14H15N3OS/c1-9-7-11(17-18-9)8-15-10(2)14-16-12-5-3-4-6-13(12)19-14/h3-7,10,15H,8H2,1-2H3. The molecule has 1 aromatic carbocycles. The lowest BCUT2D eigenvalue weighted by molar-refractivity contribution is 0.386. The molecule has 0 bridgehead atoms. The molecule has 1 unspecified atom stereocenters. The molecular formula is C14H15N3OS. The molecule has 0 saturated carbocycles. The molecule has 0 fully saturated rings. The third-order valence-electron chi connectivity index (χ3n) is 2.95. The van der Waals surface area contributed by atoms with Crippen molar-refractivity contribution < 1.29 is 4.52 Å². The number of aryl methyl sites for hydroxylation is 1. The van der Waals surface area contributed by atoms with Crippen molar-refractivity contribution in [2.75, 3.05) is 0 Å². The Morgan fingerprint density at radius 1 is 1.37 bits per heavy atom. The number of nitrogens with one attached hydrogen (secondary N) is 1. The molecule has 0 spiro atoms. The van der Waals surface area contributed by atoms with Gasteiger partial charge in [-0.3, -0.25) is 0 Å². The average molecular weight is 273 g/mol. The van der Waals surface area contributed by atoms with Crippen molar-refractivity contribution in [3.63, 3.8) is 0 Å². The minimum atomic E-state index is 0.203. The molecule has 98 valence electrons. The molecule has 4 nitrogen and oxygen atoms in total. The molecule has 2 heterocycles. The van der Waals surface area contributed by atoms with Crippen LogP contribution in [0.1, 0.15) is 29.4 Å². The third-order valence-corrected chi connectivity index (χ3v) is 4.17. The zero-order valence-electron chi connectivity index (χ0n) is 10.9. The van der Waals surface area contributed by atoms with Crippen molar-refractivity contribution in [2.24, 2.45) is 0 Å². The summed E-state index contributed by atoms with van der Waals surface area (Å²) in [5, 5.41) is 8.48.